The van der Waals surface area contributed by atoms with Crippen molar-refractivity contribution in [1.82, 2.24) is 4.57 Å². The van der Waals surface area contributed by atoms with Crippen LogP contribution in [-0.4, -0.2) is 25.7 Å². The van der Waals surface area contributed by atoms with E-state index in [0.29, 0.717) is 13.2 Å². The molecule has 0 N–H and O–H groups in total. The summed E-state index contributed by atoms with van der Waals surface area (Å²) in [5, 5.41) is 1.15. The van der Waals surface area contributed by atoms with Crippen molar-refractivity contribution >= 4 is 19.2 Å². The zero-order valence-electron chi connectivity index (χ0n) is 22.4. The molecule has 0 bridgehead atoms. The predicted molar refractivity (Wildman–Crippen MR) is 144 cm³/mol. The second-order valence-electron chi connectivity index (χ2n) is 11.7. The molecule has 0 amide bonds. The number of aromatic nitrogens is 1. The highest BCUT2D eigenvalue weighted by atomic mass is 28.4. The number of hydrogen-bond donors (Lipinski definition) is 0. The molecular formula is C29H42FNO2Si. The molecule has 3 rings (SSSR count). The van der Waals surface area contributed by atoms with Crippen LogP contribution in [-0.2, 0) is 16.4 Å². The molecule has 0 radical (unpaired) electrons. The van der Waals surface area contributed by atoms with E-state index < -0.39 is 14.5 Å². The van der Waals surface area contributed by atoms with Crippen molar-refractivity contribution in [2.75, 3.05) is 6.61 Å². The maximum absolute atomic E-state index is 14.7. The monoisotopic (exact) mass is 483 g/mol. The van der Waals surface area contributed by atoms with Gasteiger partial charge in [0.2, 0.25) is 0 Å². The van der Waals surface area contributed by atoms with Crippen LogP contribution < -0.4 is 4.74 Å². The molecule has 3 nitrogen and oxygen atoms in total. The third kappa shape index (κ3) is 5.57. The maximum Gasteiger partial charge on any atom is 0.192 e. The zero-order chi connectivity index (χ0) is 25.3. The van der Waals surface area contributed by atoms with Crippen molar-refractivity contribution < 1.29 is 13.6 Å². The number of ether oxygens (including phenoxy) is 1. The van der Waals surface area contributed by atoms with E-state index >= 15 is 0 Å². The van der Waals surface area contributed by atoms with Gasteiger partial charge in [-0.25, -0.2) is 4.39 Å². The number of rotatable bonds is 9. The number of nitrogens with zero attached hydrogens (tertiary/aromatic N) is 1. The van der Waals surface area contributed by atoms with Crippen molar-refractivity contribution in [3.63, 3.8) is 0 Å². The Labute approximate surface area is 206 Å². The van der Waals surface area contributed by atoms with Crippen LogP contribution in [0.4, 0.5) is 4.39 Å². The van der Waals surface area contributed by atoms with E-state index in [4.69, 9.17) is 9.16 Å². The van der Waals surface area contributed by atoms with Gasteiger partial charge in [0, 0.05) is 23.1 Å². The van der Waals surface area contributed by atoms with Gasteiger partial charge in [-0.2, -0.15) is 0 Å². The predicted octanol–water partition coefficient (Wildman–Crippen LogP) is 8.44. The number of alkyl halides is 1. The number of benzene rings is 2. The molecule has 0 aliphatic carbocycles. The summed E-state index contributed by atoms with van der Waals surface area (Å²) in [7, 11) is -1.92. The lowest BCUT2D eigenvalue weighted by atomic mass is 9.90. The molecule has 0 aliphatic heterocycles. The van der Waals surface area contributed by atoms with Crippen LogP contribution in [0, 0.1) is 0 Å². The summed E-state index contributed by atoms with van der Waals surface area (Å²) in [6.07, 6.45) is -0.986. The first-order valence-electron chi connectivity index (χ1n) is 12.3. The van der Waals surface area contributed by atoms with Crippen LogP contribution in [0.25, 0.3) is 10.9 Å². The highest BCUT2D eigenvalue weighted by molar-refractivity contribution is 6.74. The van der Waals surface area contributed by atoms with Crippen LogP contribution in [0.2, 0.25) is 18.1 Å². The van der Waals surface area contributed by atoms with Crippen LogP contribution >= 0.6 is 0 Å². The topological polar surface area (TPSA) is 23.4 Å². The third-order valence-corrected chi connectivity index (χ3v) is 11.9. The second kappa shape index (κ2) is 9.86. The molecule has 3 aromatic rings. The standard InChI is InChI=1S/C29H42FNO2Si/c1-21(30)22(2)31-25-16-13-17-26(32-19-23-14-11-10-12-15-23)24(25)18-27(31)29(6,7)20-33-34(8,9)28(3,4)5/h10-18,21-22H,19-20H2,1-9H3/t21?,22-/m0/s1. The number of hydrogen-bond acceptors (Lipinski definition) is 2. The van der Waals surface area contributed by atoms with E-state index in [2.05, 4.69) is 76.5 Å². The lowest BCUT2D eigenvalue weighted by Gasteiger charge is -2.39. The minimum absolute atomic E-state index is 0.134. The Kier molecular flexibility index (Phi) is 7.69. The van der Waals surface area contributed by atoms with Gasteiger partial charge in [-0.05, 0) is 55.7 Å². The van der Waals surface area contributed by atoms with Gasteiger partial charge in [-0.3, -0.25) is 0 Å². The summed E-state index contributed by atoms with van der Waals surface area (Å²) in [6.45, 7) is 20.4. The first-order chi connectivity index (χ1) is 15.7. The molecule has 0 saturated carbocycles. The lowest BCUT2D eigenvalue weighted by molar-refractivity contribution is 0.204. The van der Waals surface area contributed by atoms with Crippen LogP contribution in [0.15, 0.2) is 54.6 Å². The average Bonchev–Trinajstić information content (AvgIpc) is 3.17. The summed E-state index contributed by atoms with van der Waals surface area (Å²) in [4.78, 5) is 0. The van der Waals surface area contributed by atoms with E-state index in [1.165, 1.54) is 0 Å². The van der Waals surface area contributed by atoms with E-state index in [0.717, 1.165) is 27.9 Å². The molecule has 1 unspecified atom stereocenters. The first kappa shape index (κ1) is 26.5. The summed E-state index contributed by atoms with van der Waals surface area (Å²) in [5.74, 6) is 0.821. The van der Waals surface area contributed by atoms with Gasteiger partial charge in [-0.15, -0.1) is 0 Å². The van der Waals surface area contributed by atoms with E-state index in [-0.39, 0.29) is 16.5 Å². The summed E-state index contributed by atoms with van der Waals surface area (Å²) < 4.78 is 29.7. The van der Waals surface area contributed by atoms with Crippen molar-refractivity contribution in [3.05, 3.63) is 65.9 Å². The molecule has 0 saturated heterocycles. The SMILES string of the molecule is CC(F)[C@H](C)n1c(C(C)(C)CO[Si](C)(C)C(C)(C)C)cc2c(OCc3ccccc3)cccc21. The van der Waals surface area contributed by atoms with Gasteiger partial charge in [0.15, 0.2) is 8.32 Å². The Morgan fingerprint density at radius 2 is 1.59 bits per heavy atom. The van der Waals surface area contributed by atoms with Gasteiger partial charge in [0.1, 0.15) is 18.5 Å². The maximum atomic E-state index is 14.7. The molecule has 1 aromatic heterocycles. The molecule has 2 aromatic carbocycles. The van der Waals surface area contributed by atoms with Gasteiger partial charge < -0.3 is 13.7 Å². The van der Waals surface area contributed by atoms with Gasteiger partial charge in [0.05, 0.1) is 11.6 Å². The molecule has 0 spiro atoms. The van der Waals surface area contributed by atoms with Crippen molar-refractivity contribution in [2.24, 2.45) is 0 Å². The number of halogens is 1. The molecule has 0 fully saturated rings. The highest BCUT2D eigenvalue weighted by Gasteiger charge is 2.39. The Balaban J connectivity index is 2.03. The van der Waals surface area contributed by atoms with Crippen LogP contribution in [0.1, 0.15) is 65.8 Å². The summed E-state index contributed by atoms with van der Waals surface area (Å²) in [6, 6.07) is 18.1. The quantitative estimate of drug-likeness (QED) is 0.285. The van der Waals surface area contributed by atoms with Crippen molar-refractivity contribution in [3.8, 4) is 5.75 Å². The van der Waals surface area contributed by atoms with Crippen LogP contribution in [0.5, 0.6) is 5.75 Å². The van der Waals surface area contributed by atoms with Crippen molar-refractivity contribution in [2.45, 2.75) is 90.8 Å². The number of fused-ring (bicyclic) bond motifs is 1. The smallest absolute Gasteiger partial charge is 0.192 e. The normalized spacial score (nSPS) is 14.9. The minimum atomic E-state index is -1.92. The Morgan fingerprint density at radius 3 is 2.18 bits per heavy atom. The average molecular weight is 484 g/mol. The molecule has 2 atom stereocenters. The van der Waals surface area contributed by atoms with E-state index in [9.17, 15) is 4.39 Å². The third-order valence-electron chi connectivity index (χ3n) is 7.45. The van der Waals surface area contributed by atoms with Crippen LogP contribution in [0.3, 0.4) is 0 Å². The Morgan fingerprint density at radius 1 is 0.941 bits per heavy atom. The Bertz CT molecular complexity index is 1100. The highest BCUT2D eigenvalue weighted by Crippen LogP contribution is 2.41. The molecule has 5 heteroatoms. The minimum Gasteiger partial charge on any atom is -0.488 e. The first-order valence-corrected chi connectivity index (χ1v) is 15.2. The lowest BCUT2D eigenvalue weighted by Crippen LogP contribution is -2.44. The van der Waals surface area contributed by atoms with E-state index in [1.807, 2.05) is 37.3 Å². The second-order valence-corrected chi connectivity index (χ2v) is 16.5. The van der Waals surface area contributed by atoms with Gasteiger partial charge in [0.25, 0.3) is 0 Å². The largest absolute Gasteiger partial charge is 0.488 e. The molecule has 0 aliphatic rings. The summed E-state index contributed by atoms with van der Waals surface area (Å²) in [5.41, 5.74) is 2.90. The van der Waals surface area contributed by atoms with Gasteiger partial charge in [-0.1, -0.05) is 71.0 Å². The molecule has 34 heavy (non-hydrogen) atoms. The van der Waals surface area contributed by atoms with Gasteiger partial charge >= 0.3 is 0 Å². The summed E-state index contributed by atoms with van der Waals surface area (Å²) >= 11 is 0. The molecule has 186 valence electrons. The Hall–Kier alpha value is -2.11. The van der Waals surface area contributed by atoms with Crippen molar-refractivity contribution in [1.29, 1.82) is 0 Å². The molecular weight excluding hydrogens is 441 g/mol. The zero-order valence-corrected chi connectivity index (χ0v) is 23.4. The fourth-order valence-electron chi connectivity index (χ4n) is 3.90. The molecule has 1 heterocycles. The fourth-order valence-corrected chi connectivity index (χ4v) is 5.06. The fraction of sp³-hybridized carbons (Fsp3) is 0.517. The van der Waals surface area contributed by atoms with E-state index in [1.54, 1.807) is 6.92 Å².